The van der Waals surface area contributed by atoms with Crippen molar-refractivity contribution in [3.8, 4) is 22.6 Å². The lowest BCUT2D eigenvalue weighted by Crippen LogP contribution is -2.32. The summed E-state index contributed by atoms with van der Waals surface area (Å²) in [5, 5.41) is 3.14. The first kappa shape index (κ1) is 23.3. The van der Waals surface area contributed by atoms with Crippen molar-refractivity contribution in [3.63, 3.8) is 0 Å². The maximum absolute atomic E-state index is 12.8. The number of carbonyl (C=O) groups is 1. The fourth-order valence-electron chi connectivity index (χ4n) is 3.85. The van der Waals surface area contributed by atoms with E-state index in [9.17, 15) is 4.79 Å². The van der Waals surface area contributed by atoms with Crippen LogP contribution in [-0.4, -0.2) is 31.2 Å². The zero-order valence-corrected chi connectivity index (χ0v) is 19.4. The molecule has 0 unspecified atom stereocenters. The molecule has 1 atom stereocenters. The van der Waals surface area contributed by atoms with E-state index in [1.54, 1.807) is 20.4 Å². The van der Waals surface area contributed by atoms with Crippen LogP contribution < -0.4 is 14.8 Å². The van der Waals surface area contributed by atoms with Gasteiger partial charge in [0.15, 0.2) is 11.5 Å². The number of nitrogens with one attached hydrogen (secondary N) is 1. The maximum atomic E-state index is 12.8. The molecule has 1 heterocycles. The minimum atomic E-state index is -0.0348. The van der Waals surface area contributed by atoms with E-state index < -0.39 is 0 Å². The van der Waals surface area contributed by atoms with E-state index in [0.29, 0.717) is 17.1 Å². The molecule has 32 heavy (non-hydrogen) atoms. The Balaban J connectivity index is 1.66. The molecule has 1 aromatic heterocycles. The zero-order valence-electron chi connectivity index (χ0n) is 19.4. The van der Waals surface area contributed by atoms with E-state index in [1.807, 2.05) is 48.7 Å². The van der Waals surface area contributed by atoms with Crippen LogP contribution >= 0.6 is 0 Å². The number of pyridine rings is 1. The van der Waals surface area contributed by atoms with Gasteiger partial charge in [0.25, 0.3) is 5.91 Å². The van der Waals surface area contributed by atoms with Crippen molar-refractivity contribution < 1.29 is 14.3 Å². The fourth-order valence-corrected chi connectivity index (χ4v) is 3.85. The van der Waals surface area contributed by atoms with Crippen LogP contribution in [0, 0.1) is 0 Å². The summed E-state index contributed by atoms with van der Waals surface area (Å²) in [4.78, 5) is 17.0. The molecule has 0 aliphatic carbocycles. The summed E-state index contributed by atoms with van der Waals surface area (Å²) in [7, 11) is 3.26. The second kappa shape index (κ2) is 11.3. The lowest BCUT2D eigenvalue weighted by molar-refractivity contribution is 0.0938. The largest absolute Gasteiger partial charge is 0.493 e. The maximum Gasteiger partial charge on any atom is 0.251 e. The first-order chi connectivity index (χ1) is 15.5. The molecule has 0 fully saturated rings. The van der Waals surface area contributed by atoms with Crippen molar-refractivity contribution in [3.05, 3.63) is 77.6 Å². The topological polar surface area (TPSA) is 60.5 Å². The molecule has 0 saturated heterocycles. The molecule has 5 heteroatoms. The minimum Gasteiger partial charge on any atom is -0.493 e. The predicted octanol–water partition coefficient (Wildman–Crippen LogP) is 5.47. The summed E-state index contributed by atoms with van der Waals surface area (Å²) in [5.41, 5.74) is 5.16. The molecule has 5 nitrogen and oxygen atoms in total. The van der Waals surface area contributed by atoms with Crippen molar-refractivity contribution in [2.24, 2.45) is 0 Å². The minimum absolute atomic E-state index is 0.0348. The quantitative estimate of drug-likeness (QED) is 0.461. The highest BCUT2D eigenvalue weighted by Gasteiger charge is 2.14. The Morgan fingerprint density at radius 1 is 1.06 bits per heavy atom. The van der Waals surface area contributed by atoms with Gasteiger partial charge in [-0.2, -0.15) is 0 Å². The number of aromatic nitrogens is 1. The Bertz CT molecular complexity index is 1030. The van der Waals surface area contributed by atoms with Crippen LogP contribution in [0.1, 0.15) is 48.2 Å². The number of methoxy groups -OCH3 is 2. The number of ether oxygens (including phenoxy) is 2. The number of hydrogen-bond acceptors (Lipinski definition) is 4. The van der Waals surface area contributed by atoms with Crippen LogP contribution in [-0.2, 0) is 12.8 Å². The molecular weight excluding hydrogens is 400 g/mol. The van der Waals surface area contributed by atoms with Crippen molar-refractivity contribution in [2.75, 3.05) is 14.2 Å². The normalized spacial score (nSPS) is 11.6. The van der Waals surface area contributed by atoms with Crippen LogP contribution in [0.5, 0.6) is 11.5 Å². The molecule has 0 radical (unpaired) electrons. The van der Waals surface area contributed by atoms with E-state index in [0.717, 1.165) is 42.4 Å². The fraction of sp³-hybridized carbons (Fsp3) is 0.333. The van der Waals surface area contributed by atoms with Crippen LogP contribution in [0.4, 0.5) is 0 Å². The van der Waals surface area contributed by atoms with Gasteiger partial charge in [-0.3, -0.25) is 9.78 Å². The third kappa shape index (κ3) is 5.88. The number of nitrogens with zero attached hydrogens (tertiary/aromatic N) is 1. The molecule has 1 N–H and O–H groups in total. The molecular formula is C27H32N2O3. The van der Waals surface area contributed by atoms with Gasteiger partial charge in [0.1, 0.15) is 0 Å². The van der Waals surface area contributed by atoms with Crippen LogP contribution in [0.3, 0.4) is 0 Å². The van der Waals surface area contributed by atoms with Gasteiger partial charge in [-0.1, -0.05) is 25.1 Å². The van der Waals surface area contributed by atoms with Crippen LogP contribution in [0.15, 0.2) is 60.9 Å². The highest BCUT2D eigenvalue weighted by atomic mass is 16.5. The van der Waals surface area contributed by atoms with E-state index in [-0.39, 0.29) is 11.9 Å². The first-order valence-electron chi connectivity index (χ1n) is 11.1. The Hall–Kier alpha value is -3.34. The summed E-state index contributed by atoms with van der Waals surface area (Å²) < 4.78 is 10.8. The Morgan fingerprint density at radius 3 is 2.56 bits per heavy atom. The van der Waals surface area contributed by atoms with E-state index in [2.05, 4.69) is 30.2 Å². The number of aryl methyl sites for hydroxylation is 2. The highest BCUT2D eigenvalue weighted by molar-refractivity contribution is 5.95. The highest BCUT2D eigenvalue weighted by Crippen LogP contribution is 2.34. The predicted molar refractivity (Wildman–Crippen MR) is 128 cm³/mol. The van der Waals surface area contributed by atoms with Gasteiger partial charge in [0, 0.05) is 24.0 Å². The van der Waals surface area contributed by atoms with Crippen molar-refractivity contribution in [2.45, 2.75) is 45.6 Å². The van der Waals surface area contributed by atoms with E-state index >= 15 is 0 Å². The summed E-state index contributed by atoms with van der Waals surface area (Å²) >= 11 is 0. The average Bonchev–Trinajstić information content (AvgIpc) is 2.83. The molecule has 168 valence electrons. The average molecular weight is 433 g/mol. The van der Waals surface area contributed by atoms with Gasteiger partial charge in [-0.25, -0.2) is 0 Å². The Morgan fingerprint density at radius 2 is 1.88 bits per heavy atom. The number of amides is 1. The molecule has 0 aliphatic heterocycles. The third-order valence-electron chi connectivity index (χ3n) is 5.65. The molecule has 0 saturated carbocycles. The summed E-state index contributed by atoms with van der Waals surface area (Å²) in [6.45, 7) is 4.15. The van der Waals surface area contributed by atoms with Gasteiger partial charge in [0.05, 0.1) is 14.2 Å². The molecule has 0 spiro atoms. The third-order valence-corrected chi connectivity index (χ3v) is 5.65. The Kier molecular flexibility index (Phi) is 8.26. The number of benzene rings is 2. The Labute approximate surface area is 190 Å². The standard InChI is InChI=1S/C27H32N2O3/c1-5-21-16-23(11-13-24(21)22-12-14-25(31-3)26(17-22)32-4)27(30)29-19(2)8-6-9-20-10-7-15-28-18-20/h7,10-19H,5-6,8-9H2,1-4H3,(H,29,30)/t19-/m1/s1. The van der Waals surface area contributed by atoms with Gasteiger partial charge >= 0.3 is 0 Å². The molecule has 3 aromatic rings. The lowest BCUT2D eigenvalue weighted by Gasteiger charge is -2.16. The lowest BCUT2D eigenvalue weighted by atomic mass is 9.95. The monoisotopic (exact) mass is 432 g/mol. The smallest absolute Gasteiger partial charge is 0.251 e. The van der Waals surface area contributed by atoms with Gasteiger partial charge in [-0.05, 0) is 85.2 Å². The summed E-state index contributed by atoms with van der Waals surface area (Å²) in [6.07, 6.45) is 7.40. The first-order valence-corrected chi connectivity index (χ1v) is 11.1. The van der Waals surface area contributed by atoms with Crippen molar-refractivity contribution in [1.82, 2.24) is 10.3 Å². The molecule has 3 rings (SSSR count). The van der Waals surface area contributed by atoms with Crippen molar-refractivity contribution in [1.29, 1.82) is 0 Å². The van der Waals surface area contributed by atoms with Crippen molar-refractivity contribution >= 4 is 5.91 Å². The van der Waals surface area contributed by atoms with E-state index in [4.69, 9.17) is 9.47 Å². The SMILES string of the molecule is CCc1cc(C(=O)N[C@H](C)CCCc2cccnc2)ccc1-c1ccc(OC)c(OC)c1. The molecule has 2 aromatic carbocycles. The second-order valence-electron chi connectivity index (χ2n) is 7.92. The molecule has 1 amide bonds. The van der Waals surface area contributed by atoms with Crippen LogP contribution in [0.25, 0.3) is 11.1 Å². The van der Waals surface area contributed by atoms with E-state index in [1.165, 1.54) is 5.56 Å². The zero-order chi connectivity index (χ0) is 22.9. The number of hydrogen-bond donors (Lipinski definition) is 1. The van der Waals surface area contributed by atoms with Gasteiger partial charge in [0.2, 0.25) is 0 Å². The second-order valence-corrected chi connectivity index (χ2v) is 7.92. The van der Waals surface area contributed by atoms with Gasteiger partial charge in [-0.15, -0.1) is 0 Å². The van der Waals surface area contributed by atoms with Crippen LogP contribution in [0.2, 0.25) is 0 Å². The molecule has 0 bridgehead atoms. The molecule has 0 aliphatic rings. The summed E-state index contributed by atoms with van der Waals surface area (Å²) in [5.74, 6) is 1.35. The summed E-state index contributed by atoms with van der Waals surface area (Å²) in [6, 6.07) is 15.9. The number of rotatable bonds is 10. The van der Waals surface area contributed by atoms with Gasteiger partial charge < -0.3 is 14.8 Å². The number of carbonyl (C=O) groups excluding carboxylic acids is 1.